The Bertz CT molecular complexity index is 748. The second kappa shape index (κ2) is 7.35. The number of nitrogens with one attached hydrogen (secondary N) is 1. The van der Waals surface area contributed by atoms with Gasteiger partial charge >= 0.3 is 0 Å². The average molecular weight is 336 g/mol. The summed E-state index contributed by atoms with van der Waals surface area (Å²) in [4.78, 5) is 23.7. The van der Waals surface area contributed by atoms with E-state index < -0.39 is 17.8 Å². The van der Waals surface area contributed by atoms with Gasteiger partial charge in [0, 0.05) is 12.1 Å². The minimum absolute atomic E-state index is 0.0413. The lowest BCUT2D eigenvalue weighted by atomic mass is 10.0. The summed E-state index contributed by atoms with van der Waals surface area (Å²) in [6, 6.07) is 10.3. The van der Waals surface area contributed by atoms with Crippen molar-refractivity contribution in [3.63, 3.8) is 0 Å². The minimum atomic E-state index is -1.09. The lowest BCUT2D eigenvalue weighted by Gasteiger charge is -2.13. The van der Waals surface area contributed by atoms with Crippen LogP contribution >= 0.6 is 11.6 Å². The second-order valence-corrected chi connectivity index (χ2v) is 5.41. The number of aliphatic hydroxyl groups is 1. The van der Waals surface area contributed by atoms with Crippen molar-refractivity contribution in [2.24, 2.45) is 0 Å². The molecule has 0 heterocycles. The first-order valence-corrected chi connectivity index (χ1v) is 7.29. The Hall–Kier alpha value is -2.24. The van der Waals surface area contributed by atoms with E-state index in [0.29, 0.717) is 11.1 Å². The number of carbonyl (C=O) groups is 2. The van der Waals surface area contributed by atoms with Crippen LogP contribution in [0.2, 0.25) is 5.02 Å². The molecule has 4 nitrogen and oxygen atoms in total. The van der Waals surface area contributed by atoms with E-state index in [2.05, 4.69) is 5.32 Å². The van der Waals surface area contributed by atoms with E-state index in [0.717, 1.165) is 6.07 Å². The van der Waals surface area contributed by atoms with Gasteiger partial charge in [0.05, 0.1) is 16.7 Å². The maximum atomic E-state index is 13.4. The molecule has 0 fully saturated rings. The van der Waals surface area contributed by atoms with E-state index in [1.54, 1.807) is 18.2 Å². The Morgan fingerprint density at radius 2 is 1.87 bits per heavy atom. The molecule has 0 aliphatic carbocycles. The van der Waals surface area contributed by atoms with Crippen molar-refractivity contribution in [1.29, 1.82) is 0 Å². The first-order chi connectivity index (χ1) is 10.9. The van der Waals surface area contributed by atoms with E-state index in [1.807, 2.05) is 0 Å². The zero-order valence-electron chi connectivity index (χ0n) is 12.3. The van der Waals surface area contributed by atoms with E-state index in [-0.39, 0.29) is 22.9 Å². The Morgan fingerprint density at radius 3 is 2.48 bits per heavy atom. The molecule has 1 atom stereocenters. The van der Waals surface area contributed by atoms with Crippen LogP contribution in [0.25, 0.3) is 0 Å². The molecule has 2 rings (SSSR count). The maximum Gasteiger partial charge on any atom is 0.252 e. The number of carbonyl (C=O) groups excluding carboxylic acids is 2. The molecule has 1 amide bonds. The third-order valence-corrected chi connectivity index (χ3v) is 3.64. The molecule has 120 valence electrons. The maximum absolute atomic E-state index is 13.4. The summed E-state index contributed by atoms with van der Waals surface area (Å²) in [5, 5.41) is 12.5. The number of aliphatic hydroxyl groups excluding tert-OH is 1. The smallest absolute Gasteiger partial charge is 0.252 e. The zero-order chi connectivity index (χ0) is 17.0. The Morgan fingerprint density at radius 1 is 1.22 bits per heavy atom. The van der Waals surface area contributed by atoms with E-state index in [9.17, 15) is 19.1 Å². The van der Waals surface area contributed by atoms with Gasteiger partial charge in [0.15, 0.2) is 5.78 Å². The van der Waals surface area contributed by atoms with Crippen molar-refractivity contribution < 1.29 is 19.1 Å². The molecule has 6 heteroatoms. The standard InChI is InChI=1S/C17H15ClFNO3/c1-10(21)12-4-2-3-5-13(12)17(23)20-9-16(22)11-6-7-14(18)15(19)8-11/h2-8,16,22H,9H2,1H3,(H,20,23). The molecule has 0 aliphatic rings. The zero-order valence-corrected chi connectivity index (χ0v) is 13.1. The fourth-order valence-electron chi connectivity index (χ4n) is 2.11. The summed E-state index contributed by atoms with van der Waals surface area (Å²) in [5.74, 6) is -1.35. The summed E-state index contributed by atoms with van der Waals surface area (Å²) < 4.78 is 13.4. The molecule has 23 heavy (non-hydrogen) atoms. The van der Waals surface area contributed by atoms with Gasteiger partial charge in [-0.2, -0.15) is 0 Å². The summed E-state index contributed by atoms with van der Waals surface area (Å²) in [6.45, 7) is 1.25. The highest BCUT2D eigenvalue weighted by Gasteiger charge is 2.16. The number of benzene rings is 2. The lowest BCUT2D eigenvalue weighted by Crippen LogP contribution is -2.29. The first-order valence-electron chi connectivity index (χ1n) is 6.91. The van der Waals surface area contributed by atoms with Crippen LogP contribution in [0.1, 0.15) is 39.3 Å². The van der Waals surface area contributed by atoms with Crippen molar-refractivity contribution in [2.45, 2.75) is 13.0 Å². The molecule has 2 N–H and O–H groups in total. The Kier molecular flexibility index (Phi) is 5.47. The van der Waals surface area contributed by atoms with Gasteiger partial charge in [-0.1, -0.05) is 35.9 Å². The number of ketones is 1. The quantitative estimate of drug-likeness (QED) is 0.825. The van der Waals surface area contributed by atoms with Crippen molar-refractivity contribution in [3.8, 4) is 0 Å². The molecule has 0 saturated heterocycles. The van der Waals surface area contributed by atoms with Crippen molar-refractivity contribution in [1.82, 2.24) is 5.32 Å². The van der Waals surface area contributed by atoms with Crippen LogP contribution in [0.15, 0.2) is 42.5 Å². The predicted molar refractivity (Wildman–Crippen MR) is 85.1 cm³/mol. The van der Waals surface area contributed by atoms with Crippen molar-refractivity contribution in [3.05, 3.63) is 70.0 Å². The monoisotopic (exact) mass is 335 g/mol. The fourth-order valence-corrected chi connectivity index (χ4v) is 2.23. The molecule has 2 aromatic rings. The van der Waals surface area contributed by atoms with Crippen LogP contribution in [-0.2, 0) is 0 Å². The Labute approximate surface area is 137 Å². The van der Waals surface area contributed by atoms with Crippen LogP contribution in [-0.4, -0.2) is 23.3 Å². The molecule has 2 aromatic carbocycles. The lowest BCUT2D eigenvalue weighted by molar-refractivity contribution is 0.0906. The predicted octanol–water partition coefficient (Wildman–Crippen LogP) is 3.15. The molecular weight excluding hydrogens is 321 g/mol. The number of hydrogen-bond donors (Lipinski definition) is 2. The molecule has 0 aromatic heterocycles. The van der Waals surface area contributed by atoms with Gasteiger partial charge in [0.2, 0.25) is 0 Å². The summed E-state index contributed by atoms with van der Waals surface area (Å²) in [5.41, 5.74) is 0.832. The third kappa shape index (κ3) is 4.15. The van der Waals surface area contributed by atoms with Crippen LogP contribution in [0.3, 0.4) is 0 Å². The third-order valence-electron chi connectivity index (χ3n) is 3.34. The summed E-state index contributed by atoms with van der Waals surface area (Å²) in [7, 11) is 0. The van der Waals surface area contributed by atoms with Gasteiger partial charge in [-0.15, -0.1) is 0 Å². The second-order valence-electron chi connectivity index (χ2n) is 5.00. The summed E-state index contributed by atoms with van der Waals surface area (Å²) in [6.07, 6.45) is -1.09. The molecule has 0 aliphatic heterocycles. The SMILES string of the molecule is CC(=O)c1ccccc1C(=O)NCC(O)c1ccc(Cl)c(F)c1. The van der Waals surface area contributed by atoms with Gasteiger partial charge in [-0.3, -0.25) is 9.59 Å². The van der Waals surface area contributed by atoms with Crippen molar-refractivity contribution >= 4 is 23.3 Å². The van der Waals surface area contributed by atoms with Gasteiger partial charge in [-0.05, 0) is 30.7 Å². The van der Waals surface area contributed by atoms with Gasteiger partial charge in [0.25, 0.3) is 5.91 Å². The van der Waals surface area contributed by atoms with E-state index >= 15 is 0 Å². The number of amides is 1. The molecule has 1 unspecified atom stereocenters. The van der Waals surface area contributed by atoms with Gasteiger partial charge in [0.1, 0.15) is 5.82 Å². The van der Waals surface area contributed by atoms with Gasteiger partial charge in [-0.25, -0.2) is 4.39 Å². The molecule has 0 bridgehead atoms. The minimum Gasteiger partial charge on any atom is -0.387 e. The number of rotatable bonds is 5. The number of hydrogen-bond acceptors (Lipinski definition) is 3. The highest BCUT2D eigenvalue weighted by molar-refractivity contribution is 6.30. The molecule has 0 spiro atoms. The Balaban J connectivity index is 2.07. The topological polar surface area (TPSA) is 66.4 Å². The number of halogens is 2. The van der Waals surface area contributed by atoms with Crippen LogP contribution in [0.4, 0.5) is 4.39 Å². The molecule has 0 saturated carbocycles. The van der Waals surface area contributed by atoms with Crippen LogP contribution < -0.4 is 5.32 Å². The largest absolute Gasteiger partial charge is 0.387 e. The van der Waals surface area contributed by atoms with Crippen LogP contribution in [0.5, 0.6) is 0 Å². The number of Topliss-reactive ketones (excluding diaryl/α,β-unsaturated/α-hetero) is 1. The fraction of sp³-hybridized carbons (Fsp3) is 0.176. The van der Waals surface area contributed by atoms with E-state index in [1.165, 1.54) is 25.1 Å². The van der Waals surface area contributed by atoms with Crippen LogP contribution in [0, 0.1) is 5.82 Å². The molecule has 0 radical (unpaired) electrons. The van der Waals surface area contributed by atoms with Crippen molar-refractivity contribution in [2.75, 3.05) is 6.54 Å². The first kappa shape index (κ1) is 17.1. The average Bonchev–Trinajstić information content (AvgIpc) is 2.54. The highest BCUT2D eigenvalue weighted by Crippen LogP contribution is 2.20. The van der Waals surface area contributed by atoms with E-state index in [4.69, 9.17) is 11.6 Å². The van der Waals surface area contributed by atoms with Gasteiger partial charge < -0.3 is 10.4 Å². The molecular formula is C17H15ClFNO3. The highest BCUT2D eigenvalue weighted by atomic mass is 35.5. The normalized spacial score (nSPS) is 11.8. The summed E-state index contributed by atoms with van der Waals surface area (Å²) >= 11 is 5.58.